The van der Waals surface area contributed by atoms with Crippen LogP contribution in [0.3, 0.4) is 0 Å². The van der Waals surface area contributed by atoms with Crippen LogP contribution in [0.25, 0.3) is 6.08 Å². The number of carbonyl (C=O) groups excluding carboxylic acids is 1. The summed E-state index contributed by atoms with van der Waals surface area (Å²) in [6, 6.07) is 8.01. The first-order valence-corrected chi connectivity index (χ1v) is 7.31. The summed E-state index contributed by atoms with van der Waals surface area (Å²) in [5.74, 6) is -0.123. The monoisotopic (exact) mass is 273 g/mol. The molecule has 1 aliphatic carbocycles. The summed E-state index contributed by atoms with van der Waals surface area (Å²) < 4.78 is 0. The number of aliphatic hydroxyl groups excluding tert-OH is 1. The normalized spacial score (nSPS) is 18.1. The molecule has 0 spiro atoms. The van der Waals surface area contributed by atoms with Crippen LogP contribution in [-0.4, -0.2) is 23.2 Å². The Balaban J connectivity index is 1.97. The van der Waals surface area contributed by atoms with Crippen molar-refractivity contribution in [1.82, 2.24) is 5.32 Å². The van der Waals surface area contributed by atoms with Gasteiger partial charge in [-0.05, 0) is 31.4 Å². The van der Waals surface area contributed by atoms with Crippen molar-refractivity contribution in [2.45, 2.75) is 44.6 Å². The van der Waals surface area contributed by atoms with E-state index in [1.165, 1.54) is 12.0 Å². The topological polar surface area (TPSA) is 49.3 Å². The van der Waals surface area contributed by atoms with Gasteiger partial charge in [0.1, 0.15) is 0 Å². The molecule has 1 fully saturated rings. The Bertz CT molecular complexity index is 488. The average Bonchev–Trinajstić information content (AvgIpc) is 2.46. The summed E-state index contributed by atoms with van der Waals surface area (Å²) in [5.41, 5.74) is 1.78. The molecule has 1 aliphatic rings. The molecule has 0 aromatic heterocycles. The third-order valence-corrected chi connectivity index (χ3v) is 3.97. The molecule has 1 aromatic rings. The Morgan fingerprint density at radius 2 is 2.10 bits per heavy atom. The lowest BCUT2D eigenvalue weighted by atomic mass is 9.82. The molecule has 0 heterocycles. The Morgan fingerprint density at radius 3 is 2.75 bits per heavy atom. The van der Waals surface area contributed by atoms with Gasteiger partial charge in [-0.25, -0.2) is 0 Å². The van der Waals surface area contributed by atoms with Crippen molar-refractivity contribution in [3.63, 3.8) is 0 Å². The zero-order valence-corrected chi connectivity index (χ0v) is 12.1. The van der Waals surface area contributed by atoms with E-state index >= 15 is 0 Å². The minimum absolute atomic E-state index is 0.0248. The smallest absolute Gasteiger partial charge is 0.244 e. The summed E-state index contributed by atoms with van der Waals surface area (Å²) in [5, 5.41) is 12.6. The fourth-order valence-corrected chi connectivity index (χ4v) is 2.80. The molecular weight excluding hydrogens is 250 g/mol. The molecule has 1 saturated carbocycles. The van der Waals surface area contributed by atoms with Gasteiger partial charge < -0.3 is 10.4 Å². The first kappa shape index (κ1) is 14.8. The Morgan fingerprint density at radius 1 is 1.35 bits per heavy atom. The Hall–Kier alpha value is -1.61. The van der Waals surface area contributed by atoms with Crippen LogP contribution in [0.1, 0.15) is 43.2 Å². The fourth-order valence-electron chi connectivity index (χ4n) is 2.80. The van der Waals surface area contributed by atoms with Crippen molar-refractivity contribution in [3.8, 4) is 0 Å². The lowest BCUT2D eigenvalue weighted by molar-refractivity contribution is -0.119. The second-order valence-electron chi connectivity index (χ2n) is 5.74. The van der Waals surface area contributed by atoms with E-state index in [0.29, 0.717) is 0 Å². The predicted octanol–water partition coefficient (Wildman–Crippen LogP) is 2.82. The van der Waals surface area contributed by atoms with Crippen LogP contribution in [0.5, 0.6) is 0 Å². The van der Waals surface area contributed by atoms with E-state index in [4.69, 9.17) is 0 Å². The third-order valence-electron chi connectivity index (χ3n) is 3.97. The molecule has 0 atom stereocenters. The van der Waals surface area contributed by atoms with Crippen molar-refractivity contribution in [2.75, 3.05) is 6.61 Å². The van der Waals surface area contributed by atoms with Gasteiger partial charge in [0.2, 0.25) is 5.91 Å². The number of aliphatic hydroxyl groups is 1. The maximum atomic E-state index is 12.0. The van der Waals surface area contributed by atoms with E-state index in [0.717, 1.165) is 31.2 Å². The van der Waals surface area contributed by atoms with Gasteiger partial charge in [-0.2, -0.15) is 0 Å². The molecular formula is C17H23NO2. The number of hydrogen-bond donors (Lipinski definition) is 2. The molecule has 3 nitrogen and oxygen atoms in total. The second kappa shape index (κ2) is 6.71. The molecule has 108 valence electrons. The van der Waals surface area contributed by atoms with Crippen LogP contribution >= 0.6 is 0 Å². The van der Waals surface area contributed by atoms with Crippen molar-refractivity contribution in [2.24, 2.45) is 0 Å². The summed E-state index contributed by atoms with van der Waals surface area (Å²) >= 11 is 0. The van der Waals surface area contributed by atoms with Crippen molar-refractivity contribution in [1.29, 1.82) is 0 Å². The van der Waals surface area contributed by atoms with E-state index in [1.807, 2.05) is 37.3 Å². The highest BCUT2D eigenvalue weighted by Gasteiger charge is 2.32. The van der Waals surface area contributed by atoms with Crippen LogP contribution in [0, 0.1) is 6.92 Å². The molecule has 0 radical (unpaired) electrons. The molecule has 0 saturated heterocycles. The highest BCUT2D eigenvalue weighted by Crippen LogP contribution is 2.27. The van der Waals surface area contributed by atoms with Crippen molar-refractivity contribution < 1.29 is 9.90 Å². The molecule has 3 heteroatoms. The largest absolute Gasteiger partial charge is 0.394 e. The van der Waals surface area contributed by atoms with E-state index in [9.17, 15) is 9.90 Å². The number of carbonyl (C=O) groups is 1. The second-order valence-corrected chi connectivity index (χ2v) is 5.74. The molecule has 2 rings (SSSR count). The predicted molar refractivity (Wildman–Crippen MR) is 81.3 cm³/mol. The quantitative estimate of drug-likeness (QED) is 0.829. The molecule has 1 amide bonds. The highest BCUT2D eigenvalue weighted by molar-refractivity contribution is 5.92. The van der Waals surface area contributed by atoms with Crippen molar-refractivity contribution >= 4 is 12.0 Å². The van der Waals surface area contributed by atoms with Gasteiger partial charge >= 0.3 is 0 Å². The van der Waals surface area contributed by atoms with E-state index in [-0.39, 0.29) is 12.5 Å². The summed E-state index contributed by atoms with van der Waals surface area (Å²) in [6.45, 7) is 2.05. The Labute approximate surface area is 120 Å². The maximum Gasteiger partial charge on any atom is 0.244 e. The van der Waals surface area contributed by atoms with Gasteiger partial charge in [0.05, 0.1) is 12.1 Å². The molecule has 0 aliphatic heterocycles. The average molecular weight is 273 g/mol. The van der Waals surface area contributed by atoms with Gasteiger partial charge in [-0.15, -0.1) is 0 Å². The third kappa shape index (κ3) is 3.94. The fraction of sp³-hybridized carbons (Fsp3) is 0.471. The van der Waals surface area contributed by atoms with Crippen LogP contribution in [-0.2, 0) is 4.79 Å². The standard InChI is InChI=1S/C17H23NO2/c1-14-6-5-7-15(12-14)8-9-16(20)18-17(13-19)10-3-2-4-11-17/h5-9,12,19H,2-4,10-11,13H2,1H3,(H,18,20). The molecule has 0 unspecified atom stereocenters. The van der Waals surface area contributed by atoms with Gasteiger partial charge in [0.25, 0.3) is 0 Å². The lowest BCUT2D eigenvalue weighted by Crippen LogP contribution is -2.52. The van der Waals surface area contributed by atoms with Crippen LogP contribution in [0.15, 0.2) is 30.3 Å². The van der Waals surface area contributed by atoms with Gasteiger partial charge in [-0.3, -0.25) is 4.79 Å². The van der Waals surface area contributed by atoms with Crippen LogP contribution in [0.2, 0.25) is 0 Å². The van der Waals surface area contributed by atoms with Crippen molar-refractivity contribution in [3.05, 3.63) is 41.5 Å². The summed E-state index contributed by atoms with van der Waals surface area (Å²) in [7, 11) is 0. The zero-order chi connectivity index (χ0) is 14.4. The number of amides is 1. The highest BCUT2D eigenvalue weighted by atomic mass is 16.3. The lowest BCUT2D eigenvalue weighted by Gasteiger charge is -2.36. The number of rotatable bonds is 4. The molecule has 2 N–H and O–H groups in total. The SMILES string of the molecule is Cc1cccc(C=CC(=O)NC2(CO)CCCCC2)c1. The number of hydrogen-bond acceptors (Lipinski definition) is 2. The van der Waals surface area contributed by atoms with E-state index < -0.39 is 5.54 Å². The molecule has 0 bridgehead atoms. The van der Waals surface area contributed by atoms with Crippen LogP contribution < -0.4 is 5.32 Å². The van der Waals surface area contributed by atoms with E-state index in [2.05, 4.69) is 5.32 Å². The zero-order valence-electron chi connectivity index (χ0n) is 12.1. The van der Waals surface area contributed by atoms with Crippen LogP contribution in [0.4, 0.5) is 0 Å². The summed E-state index contributed by atoms with van der Waals surface area (Å²) in [4.78, 5) is 12.0. The van der Waals surface area contributed by atoms with Gasteiger partial charge in [0.15, 0.2) is 0 Å². The first-order valence-electron chi connectivity index (χ1n) is 7.31. The first-order chi connectivity index (χ1) is 9.63. The number of nitrogens with one attached hydrogen (secondary N) is 1. The van der Waals surface area contributed by atoms with E-state index in [1.54, 1.807) is 6.08 Å². The summed E-state index contributed by atoms with van der Waals surface area (Å²) in [6.07, 6.45) is 8.44. The number of benzene rings is 1. The Kier molecular flexibility index (Phi) is 4.96. The number of aryl methyl sites for hydroxylation is 1. The molecule has 20 heavy (non-hydrogen) atoms. The maximum absolute atomic E-state index is 12.0. The van der Waals surface area contributed by atoms with Gasteiger partial charge in [-0.1, -0.05) is 49.1 Å². The molecule has 1 aromatic carbocycles. The minimum atomic E-state index is -0.410. The van der Waals surface area contributed by atoms with Gasteiger partial charge in [0, 0.05) is 6.08 Å². The minimum Gasteiger partial charge on any atom is -0.394 e.